The van der Waals surface area contributed by atoms with Gasteiger partial charge in [-0.1, -0.05) is 0 Å². The van der Waals surface area contributed by atoms with Gasteiger partial charge in [0.05, 0.1) is 14.2 Å². The first-order valence-corrected chi connectivity index (χ1v) is 6.18. The van der Waals surface area contributed by atoms with Crippen LogP contribution >= 0.6 is 0 Å². The molecule has 0 unspecified atom stereocenters. The molecule has 0 aliphatic heterocycles. The van der Waals surface area contributed by atoms with E-state index in [4.69, 9.17) is 14.6 Å². The molecule has 1 aliphatic rings. The standard InChI is InChI=1S/C14H20O3/c1-16-13-9-10(5-4-8-15)14(17-2)12-7-3-6-11(12)13/h9,15H,3-8H2,1-2H3. The fourth-order valence-corrected chi connectivity index (χ4v) is 2.66. The quantitative estimate of drug-likeness (QED) is 0.851. The molecule has 0 aromatic heterocycles. The summed E-state index contributed by atoms with van der Waals surface area (Å²) in [7, 11) is 3.44. The van der Waals surface area contributed by atoms with Gasteiger partial charge in [-0.15, -0.1) is 0 Å². The lowest BCUT2D eigenvalue weighted by Crippen LogP contribution is -2.01. The van der Waals surface area contributed by atoms with Crippen molar-refractivity contribution in [3.05, 3.63) is 22.8 Å². The van der Waals surface area contributed by atoms with Gasteiger partial charge in [-0.2, -0.15) is 0 Å². The predicted molar refractivity (Wildman–Crippen MR) is 67.0 cm³/mol. The van der Waals surface area contributed by atoms with E-state index >= 15 is 0 Å². The molecule has 0 saturated carbocycles. The maximum atomic E-state index is 8.94. The third kappa shape index (κ3) is 2.25. The van der Waals surface area contributed by atoms with Crippen molar-refractivity contribution in [3.63, 3.8) is 0 Å². The average molecular weight is 236 g/mol. The van der Waals surface area contributed by atoms with Crippen LogP contribution in [0.2, 0.25) is 0 Å². The Hall–Kier alpha value is -1.22. The topological polar surface area (TPSA) is 38.7 Å². The van der Waals surface area contributed by atoms with Gasteiger partial charge < -0.3 is 14.6 Å². The van der Waals surface area contributed by atoms with E-state index in [1.807, 2.05) is 0 Å². The molecule has 1 aromatic rings. The normalized spacial score (nSPS) is 13.6. The Morgan fingerprint density at radius 3 is 2.59 bits per heavy atom. The van der Waals surface area contributed by atoms with Crippen LogP contribution in [-0.2, 0) is 19.3 Å². The van der Waals surface area contributed by atoms with Crippen molar-refractivity contribution >= 4 is 0 Å². The fraction of sp³-hybridized carbons (Fsp3) is 0.571. The van der Waals surface area contributed by atoms with E-state index in [-0.39, 0.29) is 6.61 Å². The summed E-state index contributed by atoms with van der Waals surface area (Å²) >= 11 is 0. The van der Waals surface area contributed by atoms with Gasteiger partial charge in [0.1, 0.15) is 11.5 Å². The number of benzene rings is 1. The highest BCUT2D eigenvalue weighted by Gasteiger charge is 2.22. The number of aliphatic hydroxyl groups excluding tert-OH is 1. The van der Waals surface area contributed by atoms with Gasteiger partial charge in [0.15, 0.2) is 0 Å². The van der Waals surface area contributed by atoms with Crippen molar-refractivity contribution in [1.29, 1.82) is 0 Å². The zero-order valence-electron chi connectivity index (χ0n) is 10.6. The molecular formula is C14H20O3. The lowest BCUT2D eigenvalue weighted by molar-refractivity contribution is 0.287. The first-order chi connectivity index (χ1) is 8.31. The Labute approximate surface area is 102 Å². The number of fused-ring (bicyclic) bond motifs is 1. The van der Waals surface area contributed by atoms with E-state index in [2.05, 4.69) is 6.07 Å². The highest BCUT2D eigenvalue weighted by molar-refractivity contribution is 5.55. The Kier molecular flexibility index (Phi) is 3.89. The van der Waals surface area contributed by atoms with Gasteiger partial charge in [-0.05, 0) is 43.7 Å². The zero-order chi connectivity index (χ0) is 12.3. The summed E-state index contributed by atoms with van der Waals surface area (Å²) < 4.78 is 11.0. The molecule has 0 saturated heterocycles. The van der Waals surface area contributed by atoms with Crippen LogP contribution in [0.1, 0.15) is 29.5 Å². The molecule has 0 fully saturated rings. The Balaban J connectivity index is 2.43. The van der Waals surface area contributed by atoms with Crippen LogP contribution < -0.4 is 9.47 Å². The van der Waals surface area contributed by atoms with Gasteiger partial charge >= 0.3 is 0 Å². The summed E-state index contributed by atoms with van der Waals surface area (Å²) in [6.45, 7) is 0.211. The van der Waals surface area contributed by atoms with Crippen LogP contribution in [0.5, 0.6) is 11.5 Å². The molecule has 1 aliphatic carbocycles. The van der Waals surface area contributed by atoms with Crippen molar-refractivity contribution in [3.8, 4) is 11.5 Å². The maximum absolute atomic E-state index is 8.94. The number of aryl methyl sites for hydroxylation is 1. The second-order valence-corrected chi connectivity index (χ2v) is 4.41. The lowest BCUT2D eigenvalue weighted by Gasteiger charge is -2.16. The molecule has 0 radical (unpaired) electrons. The van der Waals surface area contributed by atoms with Crippen molar-refractivity contribution in [2.24, 2.45) is 0 Å². The predicted octanol–water partition coefficient (Wildman–Crippen LogP) is 2.12. The second-order valence-electron chi connectivity index (χ2n) is 4.41. The molecule has 2 rings (SSSR count). The molecule has 1 aromatic carbocycles. The first kappa shape index (κ1) is 12.2. The molecular weight excluding hydrogens is 216 g/mol. The number of methoxy groups -OCH3 is 2. The minimum absolute atomic E-state index is 0.211. The van der Waals surface area contributed by atoms with Crippen molar-refractivity contribution < 1.29 is 14.6 Å². The SMILES string of the molecule is COc1cc(CCCO)c(OC)c2c1CCC2. The number of hydrogen-bond acceptors (Lipinski definition) is 3. The molecule has 0 spiro atoms. The van der Waals surface area contributed by atoms with Gasteiger partial charge in [0.25, 0.3) is 0 Å². The summed E-state index contributed by atoms with van der Waals surface area (Å²) in [5, 5.41) is 8.94. The van der Waals surface area contributed by atoms with E-state index in [0.29, 0.717) is 0 Å². The monoisotopic (exact) mass is 236 g/mol. The van der Waals surface area contributed by atoms with E-state index < -0.39 is 0 Å². The highest BCUT2D eigenvalue weighted by Crippen LogP contribution is 2.40. The Morgan fingerprint density at radius 2 is 1.94 bits per heavy atom. The number of hydrogen-bond donors (Lipinski definition) is 1. The molecule has 3 heteroatoms. The molecule has 0 bridgehead atoms. The van der Waals surface area contributed by atoms with E-state index in [9.17, 15) is 0 Å². The lowest BCUT2D eigenvalue weighted by atomic mass is 10.00. The molecule has 0 heterocycles. The van der Waals surface area contributed by atoms with Crippen LogP contribution in [0.3, 0.4) is 0 Å². The molecule has 17 heavy (non-hydrogen) atoms. The van der Waals surface area contributed by atoms with Crippen LogP contribution in [0, 0.1) is 0 Å². The summed E-state index contributed by atoms with van der Waals surface area (Å²) in [6, 6.07) is 2.07. The third-order valence-corrected chi connectivity index (χ3v) is 3.41. The number of aliphatic hydroxyl groups is 1. The summed E-state index contributed by atoms with van der Waals surface area (Å²) in [6.07, 6.45) is 4.92. The van der Waals surface area contributed by atoms with Crippen molar-refractivity contribution in [2.75, 3.05) is 20.8 Å². The summed E-state index contributed by atoms with van der Waals surface area (Å²) in [5.41, 5.74) is 3.76. The fourth-order valence-electron chi connectivity index (χ4n) is 2.66. The first-order valence-electron chi connectivity index (χ1n) is 6.18. The van der Waals surface area contributed by atoms with Gasteiger partial charge in [0.2, 0.25) is 0 Å². The van der Waals surface area contributed by atoms with Gasteiger partial charge in [-0.3, -0.25) is 0 Å². The molecule has 1 N–H and O–H groups in total. The van der Waals surface area contributed by atoms with E-state index in [0.717, 1.165) is 42.7 Å². The van der Waals surface area contributed by atoms with E-state index in [1.165, 1.54) is 17.5 Å². The van der Waals surface area contributed by atoms with Crippen LogP contribution in [-0.4, -0.2) is 25.9 Å². The maximum Gasteiger partial charge on any atom is 0.125 e. The van der Waals surface area contributed by atoms with Crippen molar-refractivity contribution in [1.82, 2.24) is 0 Å². The third-order valence-electron chi connectivity index (χ3n) is 3.41. The van der Waals surface area contributed by atoms with Crippen LogP contribution in [0.15, 0.2) is 6.07 Å². The van der Waals surface area contributed by atoms with Gasteiger partial charge in [-0.25, -0.2) is 0 Å². The van der Waals surface area contributed by atoms with Gasteiger partial charge in [0, 0.05) is 17.7 Å². The highest BCUT2D eigenvalue weighted by atomic mass is 16.5. The smallest absolute Gasteiger partial charge is 0.125 e. The van der Waals surface area contributed by atoms with Crippen LogP contribution in [0.4, 0.5) is 0 Å². The minimum Gasteiger partial charge on any atom is -0.496 e. The minimum atomic E-state index is 0.211. The summed E-state index contributed by atoms with van der Waals surface area (Å²) in [4.78, 5) is 0. The molecule has 3 nitrogen and oxygen atoms in total. The molecule has 0 atom stereocenters. The molecule has 94 valence electrons. The Bertz CT molecular complexity index is 399. The van der Waals surface area contributed by atoms with E-state index in [1.54, 1.807) is 14.2 Å². The zero-order valence-corrected chi connectivity index (χ0v) is 10.6. The average Bonchev–Trinajstić information content (AvgIpc) is 2.83. The van der Waals surface area contributed by atoms with Crippen LogP contribution in [0.25, 0.3) is 0 Å². The van der Waals surface area contributed by atoms with Crippen molar-refractivity contribution in [2.45, 2.75) is 32.1 Å². The summed E-state index contributed by atoms with van der Waals surface area (Å²) in [5.74, 6) is 1.98. The number of ether oxygens (including phenoxy) is 2. The number of rotatable bonds is 5. The Morgan fingerprint density at radius 1 is 1.18 bits per heavy atom. The molecule has 0 amide bonds. The second kappa shape index (κ2) is 5.41. The largest absolute Gasteiger partial charge is 0.496 e.